The van der Waals surface area contributed by atoms with Gasteiger partial charge in [0.15, 0.2) is 0 Å². The van der Waals surface area contributed by atoms with Gasteiger partial charge in [-0.1, -0.05) is 37.3 Å². The molecule has 0 unspecified atom stereocenters. The third kappa shape index (κ3) is 5.53. The molecule has 0 atom stereocenters. The number of para-hydroxylation sites is 1. The molecule has 2 amide bonds. The van der Waals surface area contributed by atoms with Crippen molar-refractivity contribution >= 4 is 39.1 Å². The van der Waals surface area contributed by atoms with Crippen molar-refractivity contribution in [2.24, 2.45) is 5.10 Å². The lowest BCUT2D eigenvalue weighted by Gasteiger charge is -2.09. The molecule has 2 N–H and O–H groups in total. The standard InChI is InChI=1S/C19H20BrN3O2/c1-3-14-8-4-7-11-17(14)21-18(24)12-13(2)22-23-19(25)15-9-5-6-10-16(15)20/h4-11H,3,12H2,1-2H3,(H,21,24)(H,23,25)/b22-13-. The minimum Gasteiger partial charge on any atom is -0.326 e. The molecule has 0 bridgehead atoms. The quantitative estimate of drug-likeness (QED) is 0.563. The molecule has 0 spiro atoms. The number of hydrogen-bond donors (Lipinski definition) is 2. The normalized spacial score (nSPS) is 11.1. The summed E-state index contributed by atoms with van der Waals surface area (Å²) in [7, 11) is 0. The molecule has 5 nitrogen and oxygen atoms in total. The van der Waals surface area contributed by atoms with Crippen molar-refractivity contribution in [2.45, 2.75) is 26.7 Å². The summed E-state index contributed by atoms with van der Waals surface area (Å²) in [4.78, 5) is 24.2. The number of aryl methyl sites for hydroxylation is 1. The van der Waals surface area contributed by atoms with Crippen LogP contribution in [-0.2, 0) is 11.2 Å². The summed E-state index contributed by atoms with van der Waals surface area (Å²) in [5.41, 5.74) is 5.36. The second kappa shape index (κ2) is 9.13. The first-order chi connectivity index (χ1) is 12.0. The molecule has 0 saturated carbocycles. The average molecular weight is 402 g/mol. The van der Waals surface area contributed by atoms with Crippen LogP contribution in [0.2, 0.25) is 0 Å². The molecule has 0 aromatic heterocycles. The highest BCUT2D eigenvalue weighted by molar-refractivity contribution is 9.10. The predicted octanol–water partition coefficient (Wildman–Crippen LogP) is 4.15. The molecule has 2 aromatic carbocycles. The number of nitrogens with one attached hydrogen (secondary N) is 2. The zero-order valence-electron chi connectivity index (χ0n) is 14.2. The maximum atomic E-state index is 12.1. The van der Waals surface area contributed by atoms with Crippen molar-refractivity contribution in [3.63, 3.8) is 0 Å². The molecule has 2 rings (SSSR count). The Labute approximate surface area is 155 Å². The van der Waals surface area contributed by atoms with E-state index in [4.69, 9.17) is 0 Å². The van der Waals surface area contributed by atoms with E-state index in [9.17, 15) is 9.59 Å². The fourth-order valence-electron chi connectivity index (χ4n) is 2.27. The van der Waals surface area contributed by atoms with Crippen LogP contribution in [-0.4, -0.2) is 17.5 Å². The van der Waals surface area contributed by atoms with Gasteiger partial charge in [0.25, 0.3) is 5.91 Å². The third-order valence-corrected chi connectivity index (χ3v) is 4.25. The van der Waals surface area contributed by atoms with Crippen molar-refractivity contribution in [1.82, 2.24) is 5.43 Å². The highest BCUT2D eigenvalue weighted by atomic mass is 79.9. The van der Waals surface area contributed by atoms with Gasteiger partial charge in [-0.05, 0) is 53.0 Å². The zero-order chi connectivity index (χ0) is 18.2. The zero-order valence-corrected chi connectivity index (χ0v) is 15.8. The number of amides is 2. The Hall–Kier alpha value is -2.47. The highest BCUT2D eigenvalue weighted by Gasteiger charge is 2.10. The summed E-state index contributed by atoms with van der Waals surface area (Å²) in [6, 6.07) is 14.8. The van der Waals surface area contributed by atoms with Gasteiger partial charge in [0.05, 0.1) is 12.0 Å². The monoisotopic (exact) mass is 401 g/mol. The first kappa shape index (κ1) is 18.9. The lowest BCUT2D eigenvalue weighted by atomic mass is 10.1. The van der Waals surface area contributed by atoms with Gasteiger partial charge in [-0.15, -0.1) is 0 Å². The van der Waals surface area contributed by atoms with Gasteiger partial charge >= 0.3 is 0 Å². The van der Waals surface area contributed by atoms with Gasteiger partial charge in [-0.2, -0.15) is 5.10 Å². The lowest BCUT2D eigenvalue weighted by Crippen LogP contribution is -2.22. The van der Waals surface area contributed by atoms with E-state index in [0.29, 0.717) is 15.7 Å². The summed E-state index contributed by atoms with van der Waals surface area (Å²) in [6.45, 7) is 3.74. The van der Waals surface area contributed by atoms with E-state index in [1.807, 2.05) is 37.3 Å². The summed E-state index contributed by atoms with van der Waals surface area (Å²) in [6.07, 6.45) is 0.944. The van der Waals surface area contributed by atoms with E-state index >= 15 is 0 Å². The number of anilines is 1. The molecule has 25 heavy (non-hydrogen) atoms. The van der Waals surface area contributed by atoms with E-state index in [-0.39, 0.29) is 18.2 Å². The fourth-order valence-corrected chi connectivity index (χ4v) is 2.73. The lowest BCUT2D eigenvalue weighted by molar-refractivity contribution is -0.115. The van der Waals surface area contributed by atoms with Crippen LogP contribution in [0.3, 0.4) is 0 Å². The molecule has 0 aliphatic carbocycles. The van der Waals surface area contributed by atoms with Gasteiger partial charge in [0.2, 0.25) is 5.91 Å². The molecule has 0 radical (unpaired) electrons. The maximum Gasteiger partial charge on any atom is 0.272 e. The molecule has 130 valence electrons. The van der Waals surface area contributed by atoms with Gasteiger partial charge in [0, 0.05) is 15.9 Å². The molecule has 6 heteroatoms. The number of rotatable bonds is 6. The Balaban J connectivity index is 1.93. The van der Waals surface area contributed by atoms with E-state index < -0.39 is 0 Å². The highest BCUT2D eigenvalue weighted by Crippen LogP contribution is 2.16. The van der Waals surface area contributed by atoms with Crippen LogP contribution in [0.1, 0.15) is 36.2 Å². The van der Waals surface area contributed by atoms with Crippen LogP contribution in [0.5, 0.6) is 0 Å². The van der Waals surface area contributed by atoms with Gasteiger partial charge in [0.1, 0.15) is 0 Å². The first-order valence-electron chi connectivity index (χ1n) is 7.97. The molecule has 2 aromatic rings. The number of carbonyl (C=O) groups is 2. The molecule has 0 saturated heterocycles. The molecule has 0 fully saturated rings. The van der Waals surface area contributed by atoms with Crippen LogP contribution < -0.4 is 10.7 Å². The third-order valence-electron chi connectivity index (χ3n) is 3.56. The van der Waals surface area contributed by atoms with Crippen LogP contribution in [0, 0.1) is 0 Å². The Bertz CT molecular complexity index is 803. The van der Waals surface area contributed by atoms with Crippen molar-refractivity contribution < 1.29 is 9.59 Å². The van der Waals surface area contributed by atoms with E-state index in [1.54, 1.807) is 25.1 Å². The molecule has 0 aliphatic rings. The van der Waals surface area contributed by atoms with Crippen LogP contribution in [0.25, 0.3) is 0 Å². The Morgan fingerprint density at radius 2 is 1.76 bits per heavy atom. The van der Waals surface area contributed by atoms with Crippen LogP contribution >= 0.6 is 15.9 Å². The molecule has 0 aliphatic heterocycles. The van der Waals surface area contributed by atoms with Crippen LogP contribution in [0.15, 0.2) is 58.1 Å². The second-order valence-electron chi connectivity index (χ2n) is 5.50. The molecule has 0 heterocycles. The average Bonchev–Trinajstić information content (AvgIpc) is 2.60. The van der Waals surface area contributed by atoms with Gasteiger partial charge in [-0.25, -0.2) is 5.43 Å². The first-order valence-corrected chi connectivity index (χ1v) is 8.76. The number of halogens is 1. The fraction of sp³-hybridized carbons (Fsp3) is 0.211. The summed E-state index contributed by atoms with van der Waals surface area (Å²) in [5, 5.41) is 6.88. The summed E-state index contributed by atoms with van der Waals surface area (Å²) < 4.78 is 0.689. The largest absolute Gasteiger partial charge is 0.326 e. The van der Waals surface area contributed by atoms with Crippen molar-refractivity contribution in [2.75, 3.05) is 5.32 Å². The number of benzene rings is 2. The molecular weight excluding hydrogens is 382 g/mol. The topological polar surface area (TPSA) is 70.6 Å². The van der Waals surface area contributed by atoms with E-state index in [0.717, 1.165) is 17.7 Å². The SMILES string of the molecule is CCc1ccccc1NC(=O)C/C(C)=N\NC(=O)c1ccccc1Br. The summed E-state index contributed by atoms with van der Waals surface area (Å²) in [5.74, 6) is -0.499. The number of nitrogens with zero attached hydrogens (tertiary/aromatic N) is 1. The summed E-state index contributed by atoms with van der Waals surface area (Å²) >= 11 is 3.32. The Kier molecular flexibility index (Phi) is 6.89. The smallest absolute Gasteiger partial charge is 0.272 e. The minimum atomic E-state index is -0.330. The van der Waals surface area contributed by atoms with E-state index in [2.05, 4.69) is 31.8 Å². The van der Waals surface area contributed by atoms with Crippen molar-refractivity contribution in [3.05, 3.63) is 64.1 Å². The Morgan fingerprint density at radius 3 is 2.48 bits per heavy atom. The van der Waals surface area contributed by atoms with Crippen molar-refractivity contribution in [3.8, 4) is 0 Å². The second-order valence-corrected chi connectivity index (χ2v) is 6.36. The van der Waals surface area contributed by atoms with Gasteiger partial charge < -0.3 is 5.32 Å². The van der Waals surface area contributed by atoms with E-state index in [1.165, 1.54) is 0 Å². The number of hydrazone groups is 1. The van der Waals surface area contributed by atoms with Gasteiger partial charge in [-0.3, -0.25) is 9.59 Å². The number of carbonyl (C=O) groups excluding carboxylic acids is 2. The minimum absolute atomic E-state index is 0.105. The van der Waals surface area contributed by atoms with Crippen LogP contribution in [0.4, 0.5) is 5.69 Å². The maximum absolute atomic E-state index is 12.1. The molecular formula is C19H20BrN3O2. The Morgan fingerprint density at radius 1 is 1.08 bits per heavy atom. The van der Waals surface area contributed by atoms with Crippen molar-refractivity contribution in [1.29, 1.82) is 0 Å². The predicted molar refractivity (Wildman–Crippen MR) is 104 cm³/mol. The number of hydrogen-bond acceptors (Lipinski definition) is 3.